The minimum absolute atomic E-state index is 0.0769. The summed E-state index contributed by atoms with van der Waals surface area (Å²) in [5.41, 5.74) is 8.62. The monoisotopic (exact) mass is 310 g/mol. The van der Waals surface area contributed by atoms with E-state index in [-0.39, 0.29) is 11.9 Å². The first-order chi connectivity index (χ1) is 11.1. The lowest BCUT2D eigenvalue weighted by atomic mass is 10.1. The van der Waals surface area contributed by atoms with Crippen molar-refractivity contribution in [3.05, 3.63) is 53.2 Å². The number of anilines is 2. The zero-order chi connectivity index (χ0) is 16.2. The number of aromatic nitrogens is 1. The minimum Gasteiger partial charge on any atom is -0.370 e. The second-order valence-electron chi connectivity index (χ2n) is 5.28. The third kappa shape index (κ3) is 3.39. The molecule has 0 saturated carbocycles. The number of rotatable bonds is 4. The number of hydrogen-bond donors (Lipinski definition) is 5. The van der Waals surface area contributed by atoms with E-state index in [1.165, 1.54) is 0 Å². The van der Waals surface area contributed by atoms with Gasteiger partial charge in [0, 0.05) is 36.1 Å². The standard InChI is InChI=1S/C16H18N6O/c17-16(18)21-9-10-1-3-11(4-2-10)15(23)22-13-6-8-20-14-12(13)5-7-19-14/h1-4,6,8H,5,7,9H2,(H4,17,18,21)(H2,19,20,22,23). The second kappa shape index (κ2) is 6.35. The quantitative estimate of drug-likeness (QED) is 0.431. The van der Waals surface area contributed by atoms with E-state index in [0.29, 0.717) is 12.1 Å². The van der Waals surface area contributed by atoms with Gasteiger partial charge in [-0.05, 0) is 30.2 Å². The molecule has 1 aliphatic heterocycles. The van der Waals surface area contributed by atoms with E-state index >= 15 is 0 Å². The number of carbonyl (C=O) groups excluding carboxylic acids is 1. The third-order valence-corrected chi connectivity index (χ3v) is 3.67. The molecule has 1 amide bonds. The van der Waals surface area contributed by atoms with E-state index in [0.717, 1.165) is 35.6 Å². The molecule has 7 nitrogen and oxygen atoms in total. The molecule has 0 radical (unpaired) electrons. The topological polar surface area (TPSA) is 116 Å². The van der Waals surface area contributed by atoms with Crippen LogP contribution >= 0.6 is 0 Å². The molecule has 23 heavy (non-hydrogen) atoms. The van der Waals surface area contributed by atoms with Crippen LogP contribution in [0.1, 0.15) is 21.5 Å². The molecule has 1 aliphatic rings. The zero-order valence-corrected chi connectivity index (χ0v) is 12.5. The highest BCUT2D eigenvalue weighted by molar-refractivity contribution is 6.05. The molecule has 6 N–H and O–H groups in total. The van der Waals surface area contributed by atoms with Gasteiger partial charge in [0.05, 0.1) is 0 Å². The molecule has 0 fully saturated rings. The van der Waals surface area contributed by atoms with Crippen molar-refractivity contribution in [1.82, 2.24) is 10.3 Å². The first-order valence-electron chi connectivity index (χ1n) is 7.33. The second-order valence-corrected chi connectivity index (χ2v) is 5.28. The molecule has 7 heteroatoms. The van der Waals surface area contributed by atoms with Crippen LogP contribution in [0.4, 0.5) is 11.5 Å². The molecule has 0 aliphatic carbocycles. The third-order valence-electron chi connectivity index (χ3n) is 3.67. The van der Waals surface area contributed by atoms with E-state index in [1.807, 2.05) is 18.2 Å². The molecule has 1 aromatic heterocycles. The lowest BCUT2D eigenvalue weighted by Gasteiger charge is -2.10. The number of nitrogens with one attached hydrogen (secondary N) is 4. The Morgan fingerprint density at radius 3 is 2.83 bits per heavy atom. The van der Waals surface area contributed by atoms with Crippen molar-refractivity contribution in [3.63, 3.8) is 0 Å². The summed E-state index contributed by atoms with van der Waals surface area (Å²) >= 11 is 0. The van der Waals surface area contributed by atoms with E-state index in [1.54, 1.807) is 18.3 Å². The van der Waals surface area contributed by atoms with Crippen molar-refractivity contribution in [2.45, 2.75) is 13.0 Å². The van der Waals surface area contributed by atoms with Crippen LogP contribution in [-0.2, 0) is 13.0 Å². The Morgan fingerprint density at radius 2 is 2.09 bits per heavy atom. The highest BCUT2D eigenvalue weighted by atomic mass is 16.1. The molecule has 0 spiro atoms. The lowest BCUT2D eigenvalue weighted by molar-refractivity contribution is 0.102. The van der Waals surface area contributed by atoms with Crippen molar-refractivity contribution in [3.8, 4) is 0 Å². The fraction of sp³-hybridized carbons (Fsp3) is 0.188. The van der Waals surface area contributed by atoms with Crippen LogP contribution < -0.4 is 21.7 Å². The Balaban J connectivity index is 1.69. The van der Waals surface area contributed by atoms with Crippen LogP contribution in [0.25, 0.3) is 0 Å². The van der Waals surface area contributed by atoms with Gasteiger partial charge < -0.3 is 21.7 Å². The molecule has 0 atom stereocenters. The summed E-state index contributed by atoms with van der Waals surface area (Å²) in [7, 11) is 0. The maximum absolute atomic E-state index is 12.4. The first-order valence-corrected chi connectivity index (χ1v) is 7.33. The van der Waals surface area contributed by atoms with Crippen molar-refractivity contribution in [2.75, 3.05) is 17.2 Å². The van der Waals surface area contributed by atoms with Gasteiger partial charge in [-0.15, -0.1) is 0 Å². The van der Waals surface area contributed by atoms with Gasteiger partial charge in [0.1, 0.15) is 5.82 Å². The molecule has 0 saturated heterocycles. The predicted molar refractivity (Wildman–Crippen MR) is 89.6 cm³/mol. The van der Waals surface area contributed by atoms with Crippen LogP contribution in [0.15, 0.2) is 36.5 Å². The number of carbonyl (C=O) groups is 1. The summed E-state index contributed by atoms with van der Waals surface area (Å²) < 4.78 is 0. The van der Waals surface area contributed by atoms with Gasteiger partial charge in [-0.3, -0.25) is 10.2 Å². The number of benzene rings is 1. The molecular formula is C16H18N6O. The highest BCUT2D eigenvalue weighted by Crippen LogP contribution is 2.27. The molecule has 0 bridgehead atoms. The number of guanidine groups is 1. The van der Waals surface area contributed by atoms with Gasteiger partial charge in [-0.2, -0.15) is 0 Å². The summed E-state index contributed by atoms with van der Waals surface area (Å²) in [6.45, 7) is 1.30. The maximum Gasteiger partial charge on any atom is 0.255 e. The molecule has 1 aromatic carbocycles. The normalized spacial score (nSPS) is 12.2. The molecule has 2 aromatic rings. The SMILES string of the molecule is N=C(N)NCc1ccc(C(=O)Nc2ccnc3c2CCN3)cc1. The molecule has 0 unspecified atom stereocenters. The van der Waals surface area contributed by atoms with Crippen LogP contribution in [-0.4, -0.2) is 23.4 Å². The Kier molecular flexibility index (Phi) is 4.09. The van der Waals surface area contributed by atoms with Crippen LogP contribution in [0, 0.1) is 5.41 Å². The Bertz CT molecular complexity index is 741. The van der Waals surface area contributed by atoms with Gasteiger partial charge in [-0.25, -0.2) is 4.98 Å². The summed E-state index contributed by atoms with van der Waals surface area (Å²) in [4.78, 5) is 16.6. The largest absolute Gasteiger partial charge is 0.370 e. The molecule has 2 heterocycles. The van der Waals surface area contributed by atoms with E-state index < -0.39 is 0 Å². The van der Waals surface area contributed by atoms with Crippen molar-refractivity contribution in [2.24, 2.45) is 5.73 Å². The fourth-order valence-corrected chi connectivity index (χ4v) is 2.49. The van der Waals surface area contributed by atoms with Crippen molar-refractivity contribution < 1.29 is 4.79 Å². The van der Waals surface area contributed by atoms with E-state index in [9.17, 15) is 4.79 Å². The number of nitrogens with zero attached hydrogens (tertiary/aromatic N) is 1. The Labute approximate surface area is 133 Å². The van der Waals surface area contributed by atoms with Crippen LogP contribution in [0.5, 0.6) is 0 Å². The highest BCUT2D eigenvalue weighted by Gasteiger charge is 2.17. The number of fused-ring (bicyclic) bond motifs is 1. The Hall–Kier alpha value is -3.09. The van der Waals surface area contributed by atoms with Crippen LogP contribution in [0.3, 0.4) is 0 Å². The lowest BCUT2D eigenvalue weighted by Crippen LogP contribution is -2.29. The molecule has 118 valence electrons. The van der Waals surface area contributed by atoms with E-state index in [2.05, 4.69) is 20.9 Å². The number of amides is 1. The Morgan fingerprint density at radius 1 is 1.30 bits per heavy atom. The van der Waals surface area contributed by atoms with Crippen molar-refractivity contribution in [1.29, 1.82) is 5.41 Å². The zero-order valence-electron chi connectivity index (χ0n) is 12.5. The molecule has 3 rings (SSSR count). The maximum atomic E-state index is 12.4. The first kappa shape index (κ1) is 14.8. The smallest absolute Gasteiger partial charge is 0.255 e. The average Bonchev–Trinajstić information content (AvgIpc) is 3.03. The van der Waals surface area contributed by atoms with Gasteiger partial charge >= 0.3 is 0 Å². The minimum atomic E-state index is -0.156. The summed E-state index contributed by atoms with van der Waals surface area (Å²) in [6, 6.07) is 9.00. The van der Waals surface area contributed by atoms with Crippen LogP contribution in [0.2, 0.25) is 0 Å². The van der Waals surface area contributed by atoms with Gasteiger partial charge in [0.2, 0.25) is 0 Å². The summed E-state index contributed by atoms with van der Waals surface area (Å²) in [5.74, 6) is 0.608. The summed E-state index contributed by atoms with van der Waals surface area (Å²) in [5, 5.41) is 16.0. The van der Waals surface area contributed by atoms with Crippen molar-refractivity contribution >= 4 is 23.4 Å². The number of hydrogen-bond acceptors (Lipinski definition) is 4. The molecular weight excluding hydrogens is 292 g/mol. The number of nitrogens with two attached hydrogens (primary N) is 1. The van der Waals surface area contributed by atoms with Gasteiger partial charge in [0.15, 0.2) is 5.96 Å². The average molecular weight is 310 g/mol. The summed E-state index contributed by atoms with van der Waals surface area (Å²) in [6.07, 6.45) is 2.54. The van der Waals surface area contributed by atoms with E-state index in [4.69, 9.17) is 11.1 Å². The fourth-order valence-electron chi connectivity index (χ4n) is 2.49. The van der Waals surface area contributed by atoms with Gasteiger partial charge in [0.25, 0.3) is 5.91 Å². The van der Waals surface area contributed by atoms with Gasteiger partial charge in [-0.1, -0.05) is 12.1 Å². The predicted octanol–water partition coefficient (Wildman–Crippen LogP) is 1.28. The number of pyridine rings is 1.